The molecule has 90 valence electrons. The molecular weight excluding hydrogens is 236 g/mol. The molecule has 1 aromatic carbocycles. The number of halogens is 2. The highest BCUT2D eigenvalue weighted by atomic mass is 19.1. The van der Waals surface area contributed by atoms with Crippen LogP contribution in [-0.4, -0.2) is 4.98 Å². The molecule has 0 bridgehead atoms. The van der Waals surface area contributed by atoms with Crippen LogP contribution in [0.1, 0.15) is 11.3 Å². The summed E-state index contributed by atoms with van der Waals surface area (Å²) in [6.45, 7) is 0.209. The zero-order valence-corrected chi connectivity index (χ0v) is 9.32. The molecular formula is C13H9F2N3. The molecule has 0 spiro atoms. The standard InChI is InChI=1S/C13H9F2N3/c14-10-2-1-9(13(15)5-10)8-18-11-3-4-17-12(6-11)7-16/h1-6H,8H2,(H,17,18). The molecule has 2 rings (SSSR count). The molecule has 0 amide bonds. The van der Waals surface area contributed by atoms with Crippen LogP contribution < -0.4 is 5.32 Å². The Labute approximate surface area is 103 Å². The van der Waals surface area contributed by atoms with E-state index in [0.717, 1.165) is 6.07 Å². The van der Waals surface area contributed by atoms with E-state index in [1.54, 1.807) is 12.1 Å². The van der Waals surface area contributed by atoms with Gasteiger partial charge in [0.2, 0.25) is 0 Å². The lowest BCUT2D eigenvalue weighted by molar-refractivity contribution is 0.574. The first kappa shape index (κ1) is 12.0. The lowest BCUT2D eigenvalue weighted by atomic mass is 10.2. The largest absolute Gasteiger partial charge is 0.381 e. The first-order valence-corrected chi connectivity index (χ1v) is 5.23. The van der Waals surface area contributed by atoms with E-state index >= 15 is 0 Å². The molecule has 1 heterocycles. The van der Waals surface area contributed by atoms with E-state index in [1.807, 2.05) is 6.07 Å². The fourth-order valence-electron chi connectivity index (χ4n) is 1.46. The second-order valence-electron chi connectivity index (χ2n) is 3.63. The Morgan fingerprint density at radius 1 is 1.22 bits per heavy atom. The summed E-state index contributed by atoms with van der Waals surface area (Å²) >= 11 is 0. The van der Waals surface area contributed by atoms with Gasteiger partial charge in [-0.15, -0.1) is 0 Å². The van der Waals surface area contributed by atoms with E-state index in [9.17, 15) is 8.78 Å². The summed E-state index contributed by atoms with van der Waals surface area (Å²) in [5.41, 5.74) is 1.29. The smallest absolute Gasteiger partial charge is 0.142 e. The van der Waals surface area contributed by atoms with E-state index in [-0.39, 0.29) is 12.2 Å². The highest BCUT2D eigenvalue weighted by Crippen LogP contribution is 2.13. The van der Waals surface area contributed by atoms with Gasteiger partial charge in [-0.1, -0.05) is 6.07 Å². The number of rotatable bonds is 3. The van der Waals surface area contributed by atoms with Crippen LogP contribution in [0.4, 0.5) is 14.5 Å². The second-order valence-corrected chi connectivity index (χ2v) is 3.63. The Morgan fingerprint density at radius 2 is 2.06 bits per heavy atom. The monoisotopic (exact) mass is 245 g/mol. The van der Waals surface area contributed by atoms with Gasteiger partial charge >= 0.3 is 0 Å². The van der Waals surface area contributed by atoms with Gasteiger partial charge < -0.3 is 5.32 Å². The van der Waals surface area contributed by atoms with Crippen molar-refractivity contribution in [2.75, 3.05) is 5.32 Å². The van der Waals surface area contributed by atoms with E-state index in [0.29, 0.717) is 11.3 Å². The molecule has 0 aliphatic heterocycles. The third-order valence-corrected chi connectivity index (χ3v) is 2.37. The average Bonchev–Trinajstić information content (AvgIpc) is 2.38. The van der Waals surface area contributed by atoms with Crippen LogP contribution >= 0.6 is 0 Å². The molecule has 3 nitrogen and oxygen atoms in total. The number of anilines is 1. The van der Waals surface area contributed by atoms with Crippen molar-refractivity contribution in [3.63, 3.8) is 0 Å². The van der Waals surface area contributed by atoms with Crippen LogP contribution in [0.25, 0.3) is 0 Å². The van der Waals surface area contributed by atoms with Crippen LogP contribution in [0.3, 0.4) is 0 Å². The Bertz CT molecular complexity index is 605. The fraction of sp³-hybridized carbons (Fsp3) is 0.0769. The van der Waals surface area contributed by atoms with Crippen LogP contribution in [0.2, 0.25) is 0 Å². The number of nitriles is 1. The summed E-state index contributed by atoms with van der Waals surface area (Å²) in [4.78, 5) is 3.82. The molecule has 0 aliphatic rings. The van der Waals surface area contributed by atoms with Gasteiger partial charge in [0.25, 0.3) is 0 Å². The number of aromatic nitrogens is 1. The highest BCUT2D eigenvalue weighted by Gasteiger charge is 2.03. The molecule has 0 radical (unpaired) electrons. The van der Waals surface area contributed by atoms with Crippen molar-refractivity contribution in [3.05, 3.63) is 59.4 Å². The minimum absolute atomic E-state index is 0.209. The molecule has 1 aromatic heterocycles. The molecule has 0 fully saturated rings. The summed E-state index contributed by atoms with van der Waals surface area (Å²) in [7, 11) is 0. The first-order valence-electron chi connectivity index (χ1n) is 5.23. The Balaban J connectivity index is 2.09. The molecule has 0 saturated heterocycles. The van der Waals surface area contributed by atoms with Crippen molar-refractivity contribution in [3.8, 4) is 6.07 Å². The van der Waals surface area contributed by atoms with Crippen molar-refractivity contribution in [1.82, 2.24) is 4.98 Å². The van der Waals surface area contributed by atoms with Crippen molar-refractivity contribution < 1.29 is 8.78 Å². The van der Waals surface area contributed by atoms with Gasteiger partial charge in [0.15, 0.2) is 0 Å². The maximum atomic E-state index is 13.4. The maximum Gasteiger partial charge on any atom is 0.142 e. The van der Waals surface area contributed by atoms with Crippen molar-refractivity contribution in [2.24, 2.45) is 0 Å². The SMILES string of the molecule is N#Cc1cc(NCc2ccc(F)cc2F)ccn1. The lowest BCUT2D eigenvalue weighted by Gasteiger charge is -2.07. The third kappa shape index (κ3) is 2.80. The summed E-state index contributed by atoms with van der Waals surface area (Å²) in [6.07, 6.45) is 1.49. The molecule has 0 unspecified atom stereocenters. The molecule has 1 N–H and O–H groups in total. The number of benzene rings is 1. The Morgan fingerprint density at radius 3 is 2.78 bits per heavy atom. The van der Waals surface area contributed by atoms with Crippen molar-refractivity contribution in [1.29, 1.82) is 5.26 Å². The number of pyridine rings is 1. The Hall–Kier alpha value is -2.48. The van der Waals surface area contributed by atoms with Gasteiger partial charge in [-0.05, 0) is 18.2 Å². The minimum Gasteiger partial charge on any atom is -0.381 e. The van der Waals surface area contributed by atoms with Gasteiger partial charge in [0.05, 0.1) is 0 Å². The van der Waals surface area contributed by atoms with E-state index < -0.39 is 11.6 Å². The van der Waals surface area contributed by atoms with Gasteiger partial charge in [-0.2, -0.15) is 5.26 Å². The molecule has 0 atom stereocenters. The van der Waals surface area contributed by atoms with Gasteiger partial charge in [-0.3, -0.25) is 0 Å². The minimum atomic E-state index is -0.605. The molecule has 0 aliphatic carbocycles. The van der Waals surface area contributed by atoms with Crippen LogP contribution in [0, 0.1) is 23.0 Å². The number of nitrogens with zero attached hydrogens (tertiary/aromatic N) is 2. The first-order chi connectivity index (χ1) is 8.69. The second kappa shape index (κ2) is 5.23. The van der Waals surface area contributed by atoms with E-state index in [2.05, 4.69) is 10.3 Å². The predicted octanol–water partition coefficient (Wildman–Crippen LogP) is 2.84. The molecule has 0 saturated carbocycles. The predicted molar refractivity (Wildman–Crippen MR) is 62.6 cm³/mol. The number of hydrogen-bond acceptors (Lipinski definition) is 3. The maximum absolute atomic E-state index is 13.4. The summed E-state index contributed by atoms with van der Waals surface area (Å²) in [6, 6.07) is 8.55. The van der Waals surface area contributed by atoms with Crippen LogP contribution in [-0.2, 0) is 6.54 Å². The van der Waals surface area contributed by atoms with Crippen LogP contribution in [0.15, 0.2) is 36.5 Å². The van der Waals surface area contributed by atoms with Crippen molar-refractivity contribution in [2.45, 2.75) is 6.54 Å². The van der Waals surface area contributed by atoms with Crippen LogP contribution in [0.5, 0.6) is 0 Å². The zero-order chi connectivity index (χ0) is 13.0. The molecule has 18 heavy (non-hydrogen) atoms. The quantitative estimate of drug-likeness (QED) is 0.904. The lowest BCUT2D eigenvalue weighted by Crippen LogP contribution is -2.02. The van der Waals surface area contributed by atoms with Gasteiger partial charge in [-0.25, -0.2) is 13.8 Å². The van der Waals surface area contributed by atoms with Gasteiger partial charge in [0, 0.05) is 30.1 Å². The summed E-state index contributed by atoms with van der Waals surface area (Å²) < 4.78 is 26.1. The highest BCUT2D eigenvalue weighted by molar-refractivity contribution is 5.46. The number of hydrogen-bond donors (Lipinski definition) is 1. The average molecular weight is 245 g/mol. The third-order valence-electron chi connectivity index (χ3n) is 2.37. The normalized spacial score (nSPS) is 9.83. The topological polar surface area (TPSA) is 48.7 Å². The van der Waals surface area contributed by atoms with E-state index in [1.165, 1.54) is 18.3 Å². The summed E-state index contributed by atoms with van der Waals surface area (Å²) in [5.74, 6) is -1.20. The molecule has 2 aromatic rings. The fourth-order valence-corrected chi connectivity index (χ4v) is 1.46. The number of nitrogens with one attached hydrogen (secondary N) is 1. The zero-order valence-electron chi connectivity index (χ0n) is 9.32. The van der Waals surface area contributed by atoms with Gasteiger partial charge in [0.1, 0.15) is 23.4 Å². The van der Waals surface area contributed by atoms with E-state index in [4.69, 9.17) is 5.26 Å². The summed E-state index contributed by atoms with van der Waals surface area (Å²) in [5, 5.41) is 11.6. The Kier molecular flexibility index (Phi) is 3.49. The molecule has 5 heteroatoms. The van der Waals surface area contributed by atoms with Crippen molar-refractivity contribution >= 4 is 5.69 Å².